The van der Waals surface area contributed by atoms with Gasteiger partial charge in [0, 0.05) is 13.3 Å². The standard InChI is InChI=1S/C28H40N2O9/c1-7-16(4)13-23(32)39-22-14-37-28(36)24(17(5)38-27(35)19(22)12-11-15(2)3)30-26(34)20-9-8-10-21(25(20)33)29-18(6)31/h8-10,15-17,19,22,24,33H,7,11-14H2,1-6H3,(H,29,31)(H,30,34). The Morgan fingerprint density at radius 1 is 1.15 bits per heavy atom. The van der Waals surface area contributed by atoms with E-state index in [1.807, 2.05) is 27.7 Å². The van der Waals surface area contributed by atoms with Crippen molar-refractivity contribution in [3.8, 4) is 5.75 Å². The monoisotopic (exact) mass is 548 g/mol. The van der Waals surface area contributed by atoms with Crippen molar-refractivity contribution in [2.75, 3.05) is 11.9 Å². The topological polar surface area (TPSA) is 157 Å². The van der Waals surface area contributed by atoms with Crippen molar-refractivity contribution in [3.63, 3.8) is 0 Å². The van der Waals surface area contributed by atoms with Crippen LogP contribution in [0.15, 0.2) is 18.2 Å². The fourth-order valence-electron chi connectivity index (χ4n) is 4.04. The van der Waals surface area contributed by atoms with Crippen molar-refractivity contribution >= 4 is 35.4 Å². The molecule has 1 aromatic carbocycles. The number of hydrogen-bond donors (Lipinski definition) is 3. The molecule has 0 aliphatic carbocycles. The summed E-state index contributed by atoms with van der Waals surface area (Å²) in [6, 6.07) is 2.75. The van der Waals surface area contributed by atoms with Crippen LogP contribution in [0.3, 0.4) is 0 Å². The van der Waals surface area contributed by atoms with E-state index in [1.165, 1.54) is 32.0 Å². The van der Waals surface area contributed by atoms with E-state index in [0.717, 1.165) is 6.42 Å². The van der Waals surface area contributed by atoms with Crippen LogP contribution >= 0.6 is 0 Å². The maximum absolute atomic E-state index is 13.2. The van der Waals surface area contributed by atoms with Crippen LogP contribution in [0.25, 0.3) is 0 Å². The number of rotatable bonds is 10. The summed E-state index contributed by atoms with van der Waals surface area (Å²) in [5.41, 5.74) is -0.194. The van der Waals surface area contributed by atoms with E-state index >= 15 is 0 Å². The Kier molecular flexibility index (Phi) is 11.7. The summed E-state index contributed by atoms with van der Waals surface area (Å²) in [5.74, 6) is -4.38. The number of nitrogens with one attached hydrogen (secondary N) is 2. The third kappa shape index (κ3) is 9.26. The van der Waals surface area contributed by atoms with Crippen molar-refractivity contribution in [2.45, 2.75) is 85.5 Å². The number of carbonyl (C=O) groups excluding carboxylic acids is 5. The van der Waals surface area contributed by atoms with E-state index in [4.69, 9.17) is 14.2 Å². The van der Waals surface area contributed by atoms with Gasteiger partial charge in [-0.1, -0.05) is 46.6 Å². The van der Waals surface area contributed by atoms with Crippen LogP contribution < -0.4 is 10.6 Å². The number of para-hydroxylation sites is 1. The Morgan fingerprint density at radius 3 is 2.46 bits per heavy atom. The second-order valence-electron chi connectivity index (χ2n) is 10.4. The summed E-state index contributed by atoms with van der Waals surface area (Å²) in [5, 5.41) is 15.3. The lowest BCUT2D eigenvalue weighted by Crippen LogP contribution is -2.49. The molecule has 1 saturated heterocycles. The molecule has 0 aromatic heterocycles. The Morgan fingerprint density at radius 2 is 1.85 bits per heavy atom. The first kappa shape index (κ1) is 31.6. The Labute approximate surface area is 228 Å². The zero-order valence-corrected chi connectivity index (χ0v) is 23.4. The van der Waals surface area contributed by atoms with Gasteiger partial charge in [-0.15, -0.1) is 0 Å². The first-order chi connectivity index (χ1) is 18.3. The average molecular weight is 549 g/mol. The molecule has 1 aliphatic heterocycles. The van der Waals surface area contributed by atoms with Gasteiger partial charge < -0.3 is 30.0 Å². The molecular formula is C28H40N2O9. The molecular weight excluding hydrogens is 508 g/mol. The number of phenolic OH excluding ortho intramolecular Hbond substituents is 1. The maximum atomic E-state index is 13.2. The highest BCUT2D eigenvalue weighted by Crippen LogP contribution is 2.28. The SMILES string of the molecule is CCC(C)CC(=O)OC1COC(=O)C(NC(=O)c2cccc(NC(C)=O)c2O)C(C)OC(=O)C1CCC(C)C. The molecule has 0 saturated carbocycles. The predicted molar refractivity (Wildman–Crippen MR) is 142 cm³/mol. The minimum Gasteiger partial charge on any atom is -0.505 e. The highest BCUT2D eigenvalue weighted by Gasteiger charge is 2.41. The van der Waals surface area contributed by atoms with E-state index in [1.54, 1.807) is 0 Å². The van der Waals surface area contributed by atoms with Gasteiger partial charge in [0.25, 0.3) is 5.91 Å². The van der Waals surface area contributed by atoms with Gasteiger partial charge in [-0.05, 0) is 37.3 Å². The average Bonchev–Trinajstić information content (AvgIpc) is 2.88. The summed E-state index contributed by atoms with van der Waals surface area (Å²) in [4.78, 5) is 63.3. The predicted octanol–water partition coefficient (Wildman–Crippen LogP) is 3.34. The zero-order valence-electron chi connectivity index (χ0n) is 23.4. The lowest BCUT2D eigenvalue weighted by Gasteiger charge is -2.26. The summed E-state index contributed by atoms with van der Waals surface area (Å²) < 4.78 is 16.7. The quantitative estimate of drug-likeness (QED) is 0.227. The van der Waals surface area contributed by atoms with Crippen molar-refractivity contribution in [1.82, 2.24) is 5.32 Å². The zero-order chi connectivity index (χ0) is 29.3. The summed E-state index contributed by atoms with van der Waals surface area (Å²) in [6.45, 7) is 10.2. The molecule has 5 unspecified atom stereocenters. The van der Waals surface area contributed by atoms with E-state index in [2.05, 4.69) is 10.6 Å². The largest absolute Gasteiger partial charge is 0.505 e. The third-order valence-corrected chi connectivity index (χ3v) is 6.59. The first-order valence-corrected chi connectivity index (χ1v) is 13.3. The molecule has 1 heterocycles. The normalized spacial score (nSPS) is 22.4. The van der Waals surface area contributed by atoms with Gasteiger partial charge in [-0.3, -0.25) is 19.2 Å². The highest BCUT2D eigenvalue weighted by molar-refractivity contribution is 6.02. The second-order valence-corrected chi connectivity index (χ2v) is 10.4. The number of ether oxygens (including phenoxy) is 3. The van der Waals surface area contributed by atoms with E-state index in [-0.39, 0.29) is 36.1 Å². The van der Waals surface area contributed by atoms with Crippen LogP contribution in [0, 0.1) is 17.8 Å². The lowest BCUT2D eigenvalue weighted by atomic mass is 9.93. The number of anilines is 1. The molecule has 39 heavy (non-hydrogen) atoms. The van der Waals surface area contributed by atoms with Gasteiger partial charge in [0.1, 0.15) is 18.8 Å². The highest BCUT2D eigenvalue weighted by atomic mass is 16.6. The third-order valence-electron chi connectivity index (χ3n) is 6.59. The Balaban J connectivity index is 2.29. The summed E-state index contributed by atoms with van der Waals surface area (Å²) in [7, 11) is 0. The van der Waals surface area contributed by atoms with E-state index in [9.17, 15) is 29.1 Å². The number of benzene rings is 1. The van der Waals surface area contributed by atoms with Gasteiger partial charge in [-0.2, -0.15) is 0 Å². The van der Waals surface area contributed by atoms with Gasteiger partial charge in [0.2, 0.25) is 5.91 Å². The second kappa shape index (κ2) is 14.5. The van der Waals surface area contributed by atoms with Crippen LogP contribution in [-0.2, 0) is 33.4 Å². The molecule has 5 atom stereocenters. The van der Waals surface area contributed by atoms with Crippen molar-refractivity contribution in [2.24, 2.45) is 17.8 Å². The van der Waals surface area contributed by atoms with Crippen molar-refractivity contribution < 1.29 is 43.3 Å². The van der Waals surface area contributed by atoms with Crippen LogP contribution in [-0.4, -0.2) is 59.7 Å². The molecule has 11 nitrogen and oxygen atoms in total. The smallest absolute Gasteiger partial charge is 0.332 e. The summed E-state index contributed by atoms with van der Waals surface area (Å²) >= 11 is 0. The minimum atomic E-state index is -1.41. The first-order valence-electron chi connectivity index (χ1n) is 13.3. The molecule has 3 N–H and O–H groups in total. The number of hydrogen-bond acceptors (Lipinski definition) is 9. The number of phenols is 1. The molecule has 0 spiro atoms. The van der Waals surface area contributed by atoms with Gasteiger partial charge in [0.05, 0.1) is 17.2 Å². The minimum absolute atomic E-state index is 0.0155. The summed E-state index contributed by atoms with van der Waals surface area (Å²) in [6.07, 6.45) is -0.254. The molecule has 11 heteroatoms. The van der Waals surface area contributed by atoms with Crippen LogP contribution in [0.4, 0.5) is 5.69 Å². The van der Waals surface area contributed by atoms with Crippen LogP contribution in [0.5, 0.6) is 5.75 Å². The van der Waals surface area contributed by atoms with E-state index < -0.39 is 59.6 Å². The molecule has 0 bridgehead atoms. The maximum Gasteiger partial charge on any atom is 0.332 e. The number of esters is 3. The van der Waals surface area contributed by atoms with E-state index in [0.29, 0.717) is 12.8 Å². The number of amides is 2. The van der Waals surface area contributed by atoms with Crippen LogP contribution in [0.1, 0.15) is 77.6 Å². The fraction of sp³-hybridized carbons (Fsp3) is 0.607. The van der Waals surface area contributed by atoms with Crippen molar-refractivity contribution in [1.29, 1.82) is 0 Å². The molecule has 2 rings (SSSR count). The lowest BCUT2D eigenvalue weighted by molar-refractivity contribution is -0.168. The van der Waals surface area contributed by atoms with Gasteiger partial charge in [-0.25, -0.2) is 4.79 Å². The number of aromatic hydroxyl groups is 1. The van der Waals surface area contributed by atoms with Gasteiger partial charge >= 0.3 is 17.9 Å². The van der Waals surface area contributed by atoms with Gasteiger partial charge in [0.15, 0.2) is 11.8 Å². The molecule has 1 aromatic rings. The number of cyclic esters (lactones) is 2. The molecule has 1 aliphatic rings. The molecule has 1 fully saturated rings. The molecule has 2 amide bonds. The Bertz CT molecular complexity index is 1060. The Hall–Kier alpha value is -3.63. The molecule has 216 valence electrons. The number of carbonyl (C=O) groups is 5. The molecule has 0 radical (unpaired) electrons. The van der Waals surface area contributed by atoms with Crippen molar-refractivity contribution in [3.05, 3.63) is 23.8 Å². The van der Waals surface area contributed by atoms with Crippen LogP contribution in [0.2, 0.25) is 0 Å². The fourth-order valence-corrected chi connectivity index (χ4v) is 4.04.